The Kier molecular flexibility index (Phi) is 3.59. The number of aryl methyl sites for hydroxylation is 1. The normalized spacial score (nSPS) is 21.6. The molecule has 1 aliphatic heterocycles. The lowest BCUT2D eigenvalue weighted by atomic mass is 9.95. The van der Waals surface area contributed by atoms with Gasteiger partial charge in [-0.15, -0.1) is 0 Å². The summed E-state index contributed by atoms with van der Waals surface area (Å²) in [5.74, 6) is -0.249. The number of amides is 1. The second-order valence-corrected chi connectivity index (χ2v) is 5.25. The van der Waals surface area contributed by atoms with Crippen LogP contribution in [0.4, 0.5) is 5.69 Å². The highest BCUT2D eigenvalue weighted by atomic mass is 16.3. The zero-order chi connectivity index (χ0) is 14.8. The maximum absolute atomic E-state index is 11.9. The Bertz CT molecular complexity index is 661. The van der Waals surface area contributed by atoms with Crippen molar-refractivity contribution in [2.75, 3.05) is 4.90 Å². The van der Waals surface area contributed by atoms with Gasteiger partial charge >= 0.3 is 0 Å². The maximum atomic E-state index is 11.9. The molecule has 0 spiro atoms. The Balaban J connectivity index is 1.82. The number of anilines is 1. The van der Waals surface area contributed by atoms with Crippen LogP contribution in [0.3, 0.4) is 0 Å². The SMILES string of the molecule is Cc1ccc(N2C(=O)[C@@H](O)[C@H]2/C=C/c2ccccc2)cc1. The van der Waals surface area contributed by atoms with Crippen molar-refractivity contribution in [3.63, 3.8) is 0 Å². The van der Waals surface area contributed by atoms with Crippen LogP contribution in [0.25, 0.3) is 6.08 Å². The molecule has 0 aliphatic carbocycles. The van der Waals surface area contributed by atoms with E-state index in [-0.39, 0.29) is 11.9 Å². The molecule has 1 aliphatic rings. The first-order valence-corrected chi connectivity index (χ1v) is 6.98. The summed E-state index contributed by atoms with van der Waals surface area (Å²) < 4.78 is 0. The van der Waals surface area contributed by atoms with Crippen molar-refractivity contribution >= 4 is 17.7 Å². The number of hydrogen-bond acceptors (Lipinski definition) is 2. The molecule has 0 saturated carbocycles. The quantitative estimate of drug-likeness (QED) is 0.878. The highest BCUT2D eigenvalue weighted by Crippen LogP contribution is 2.29. The Labute approximate surface area is 124 Å². The minimum absolute atomic E-state index is 0.249. The number of aliphatic hydroxyl groups is 1. The number of carbonyl (C=O) groups excluding carboxylic acids is 1. The van der Waals surface area contributed by atoms with E-state index in [0.29, 0.717) is 0 Å². The van der Waals surface area contributed by atoms with Gasteiger partial charge in [-0.3, -0.25) is 4.79 Å². The molecule has 2 aromatic carbocycles. The van der Waals surface area contributed by atoms with Crippen LogP contribution >= 0.6 is 0 Å². The molecule has 0 aromatic heterocycles. The van der Waals surface area contributed by atoms with E-state index in [9.17, 15) is 9.90 Å². The number of nitrogens with zero attached hydrogens (tertiary/aromatic N) is 1. The highest BCUT2D eigenvalue weighted by Gasteiger charge is 2.45. The van der Waals surface area contributed by atoms with Gasteiger partial charge in [-0.1, -0.05) is 60.2 Å². The van der Waals surface area contributed by atoms with Crippen LogP contribution in [0.5, 0.6) is 0 Å². The summed E-state index contributed by atoms with van der Waals surface area (Å²) in [5, 5.41) is 9.90. The number of hydrogen-bond donors (Lipinski definition) is 1. The van der Waals surface area contributed by atoms with Crippen molar-refractivity contribution in [3.8, 4) is 0 Å². The van der Waals surface area contributed by atoms with E-state index in [1.807, 2.05) is 73.7 Å². The molecule has 0 radical (unpaired) electrons. The fraction of sp³-hybridized carbons (Fsp3) is 0.167. The molecule has 2 atom stereocenters. The Morgan fingerprint density at radius 1 is 1.05 bits per heavy atom. The van der Waals surface area contributed by atoms with Crippen LogP contribution in [0.15, 0.2) is 60.7 Å². The van der Waals surface area contributed by atoms with Crippen molar-refractivity contribution in [3.05, 3.63) is 71.8 Å². The number of β-lactam (4-membered cyclic amide) rings is 1. The van der Waals surface area contributed by atoms with Crippen LogP contribution in [-0.2, 0) is 4.79 Å². The molecule has 1 amide bonds. The third-order valence-corrected chi connectivity index (χ3v) is 3.71. The summed E-state index contributed by atoms with van der Waals surface area (Å²) in [5.41, 5.74) is 3.01. The van der Waals surface area contributed by atoms with E-state index in [2.05, 4.69) is 0 Å². The standard InChI is InChI=1S/C18H17NO2/c1-13-7-10-15(11-8-13)19-16(17(20)18(19)21)12-9-14-5-3-2-4-6-14/h2-12,16-17,20H,1H3/b12-9+/t16-,17+/m1/s1. The Hall–Kier alpha value is -2.39. The summed E-state index contributed by atoms with van der Waals surface area (Å²) in [6, 6.07) is 17.3. The van der Waals surface area contributed by atoms with E-state index in [4.69, 9.17) is 0 Å². The van der Waals surface area contributed by atoms with Crippen molar-refractivity contribution in [1.29, 1.82) is 0 Å². The van der Waals surface area contributed by atoms with E-state index >= 15 is 0 Å². The fourth-order valence-corrected chi connectivity index (χ4v) is 2.46. The number of aliphatic hydroxyl groups excluding tert-OH is 1. The summed E-state index contributed by atoms with van der Waals surface area (Å²) >= 11 is 0. The molecule has 0 unspecified atom stereocenters. The zero-order valence-corrected chi connectivity index (χ0v) is 11.8. The van der Waals surface area contributed by atoms with Gasteiger partial charge in [-0.2, -0.15) is 0 Å². The van der Waals surface area contributed by atoms with Gasteiger partial charge in [0, 0.05) is 5.69 Å². The van der Waals surface area contributed by atoms with Gasteiger partial charge in [0.15, 0.2) is 6.10 Å². The van der Waals surface area contributed by atoms with Crippen LogP contribution in [0.1, 0.15) is 11.1 Å². The largest absolute Gasteiger partial charge is 0.381 e. The Morgan fingerprint density at radius 2 is 1.71 bits per heavy atom. The second kappa shape index (κ2) is 5.54. The monoisotopic (exact) mass is 279 g/mol. The summed E-state index contributed by atoms with van der Waals surface area (Å²) in [7, 11) is 0. The predicted octanol–water partition coefficient (Wildman–Crippen LogP) is 2.78. The third-order valence-electron chi connectivity index (χ3n) is 3.71. The van der Waals surface area contributed by atoms with Gasteiger partial charge in [0.05, 0.1) is 6.04 Å². The van der Waals surface area contributed by atoms with Gasteiger partial charge in [0.2, 0.25) is 0 Å². The summed E-state index contributed by atoms with van der Waals surface area (Å²) in [4.78, 5) is 13.5. The first-order valence-electron chi connectivity index (χ1n) is 6.98. The third kappa shape index (κ3) is 2.60. The molecule has 1 N–H and O–H groups in total. The van der Waals surface area contributed by atoms with Gasteiger partial charge in [-0.25, -0.2) is 0 Å². The molecule has 21 heavy (non-hydrogen) atoms. The van der Waals surface area contributed by atoms with Crippen LogP contribution in [0.2, 0.25) is 0 Å². The Morgan fingerprint density at radius 3 is 2.38 bits per heavy atom. The molecular formula is C18H17NO2. The highest BCUT2D eigenvalue weighted by molar-refractivity contribution is 6.05. The van der Waals surface area contributed by atoms with Gasteiger partial charge < -0.3 is 10.0 Å². The topological polar surface area (TPSA) is 40.5 Å². The lowest BCUT2D eigenvalue weighted by Crippen LogP contribution is -2.64. The molecule has 1 heterocycles. The fourth-order valence-electron chi connectivity index (χ4n) is 2.46. The first kappa shape index (κ1) is 13.6. The molecule has 3 rings (SSSR count). The van der Waals surface area contributed by atoms with Crippen LogP contribution in [0, 0.1) is 6.92 Å². The van der Waals surface area contributed by atoms with E-state index in [0.717, 1.165) is 16.8 Å². The van der Waals surface area contributed by atoms with Crippen LogP contribution < -0.4 is 4.90 Å². The zero-order valence-electron chi connectivity index (χ0n) is 11.8. The van der Waals surface area contributed by atoms with Gasteiger partial charge in [0.25, 0.3) is 5.91 Å². The second-order valence-electron chi connectivity index (χ2n) is 5.25. The van der Waals surface area contributed by atoms with Gasteiger partial charge in [0.1, 0.15) is 0 Å². The molecule has 3 heteroatoms. The summed E-state index contributed by atoms with van der Waals surface area (Å²) in [6.07, 6.45) is 2.86. The number of benzene rings is 2. The summed E-state index contributed by atoms with van der Waals surface area (Å²) in [6.45, 7) is 2.00. The van der Waals surface area contributed by atoms with Gasteiger partial charge in [-0.05, 0) is 24.6 Å². The molecule has 3 nitrogen and oxygen atoms in total. The van der Waals surface area contributed by atoms with Crippen molar-refractivity contribution in [1.82, 2.24) is 0 Å². The first-order chi connectivity index (χ1) is 10.2. The lowest BCUT2D eigenvalue weighted by molar-refractivity contribution is -0.135. The lowest BCUT2D eigenvalue weighted by Gasteiger charge is -2.43. The number of rotatable bonds is 3. The molecule has 0 bridgehead atoms. The average molecular weight is 279 g/mol. The minimum Gasteiger partial charge on any atom is -0.381 e. The molecule has 1 fully saturated rings. The molecule has 106 valence electrons. The van der Waals surface area contributed by atoms with Crippen LogP contribution in [-0.4, -0.2) is 23.2 Å². The van der Waals surface area contributed by atoms with Crippen molar-refractivity contribution in [2.24, 2.45) is 0 Å². The number of carbonyl (C=O) groups is 1. The van der Waals surface area contributed by atoms with E-state index in [1.165, 1.54) is 0 Å². The predicted molar refractivity (Wildman–Crippen MR) is 83.9 cm³/mol. The molecular weight excluding hydrogens is 262 g/mol. The average Bonchev–Trinajstić information content (AvgIpc) is 2.53. The van der Waals surface area contributed by atoms with E-state index < -0.39 is 6.10 Å². The molecule has 1 saturated heterocycles. The molecule has 2 aromatic rings. The van der Waals surface area contributed by atoms with Crippen molar-refractivity contribution in [2.45, 2.75) is 19.1 Å². The minimum atomic E-state index is -0.953. The maximum Gasteiger partial charge on any atom is 0.258 e. The smallest absolute Gasteiger partial charge is 0.258 e. The van der Waals surface area contributed by atoms with Crippen molar-refractivity contribution < 1.29 is 9.90 Å². The van der Waals surface area contributed by atoms with E-state index in [1.54, 1.807) is 4.90 Å².